The molecule has 0 aromatic heterocycles. The lowest BCUT2D eigenvalue weighted by Gasteiger charge is -2.55. The smallest absolute Gasteiger partial charge is 0.127 e. The van der Waals surface area contributed by atoms with Crippen LogP contribution in [0.4, 0.5) is 0 Å². The molecular weight excluding hydrogens is 324 g/mol. The molecule has 2 heteroatoms. The van der Waals surface area contributed by atoms with Crippen LogP contribution in [0.15, 0.2) is 42.5 Å². The second kappa shape index (κ2) is 5.31. The topological polar surface area (TPSA) is 9.23 Å². The molecule has 1 nitrogen and oxygen atoms in total. The number of hydrogen-bond acceptors (Lipinski definition) is 1. The van der Waals surface area contributed by atoms with Crippen molar-refractivity contribution in [1.29, 1.82) is 0 Å². The number of benzene rings is 2. The Morgan fingerprint density at radius 2 is 1.71 bits per heavy atom. The minimum Gasteiger partial charge on any atom is -0.489 e. The third-order valence-corrected chi connectivity index (χ3v) is 6.78. The molecule has 1 spiro atoms. The first kappa shape index (κ1) is 13.6. The highest BCUT2D eigenvalue weighted by atomic mass is 79.9. The lowest BCUT2D eigenvalue weighted by atomic mass is 9.58. The number of rotatable bonds is 2. The van der Waals surface area contributed by atoms with Crippen molar-refractivity contribution >= 4 is 26.7 Å². The molecule has 0 amide bonds. The molecule has 2 fully saturated rings. The van der Waals surface area contributed by atoms with Crippen molar-refractivity contribution < 1.29 is 4.74 Å². The Bertz CT molecular complexity index is 640. The Kier molecular flexibility index (Phi) is 3.45. The van der Waals surface area contributed by atoms with Crippen LogP contribution in [-0.2, 0) is 0 Å². The standard InChI is InChI=1S/C19H21BrO/c20-17-13-18(19(17)11-4-1-5-12-19)21-16-10-6-8-14-7-2-3-9-15(14)16/h2-3,6-10,17-18H,1,4-5,11-13H2. The van der Waals surface area contributed by atoms with Gasteiger partial charge in [-0.2, -0.15) is 0 Å². The highest BCUT2D eigenvalue weighted by molar-refractivity contribution is 9.09. The normalized spacial score (nSPS) is 27.5. The van der Waals surface area contributed by atoms with E-state index < -0.39 is 0 Å². The van der Waals surface area contributed by atoms with Gasteiger partial charge in [0.1, 0.15) is 11.9 Å². The maximum Gasteiger partial charge on any atom is 0.127 e. The van der Waals surface area contributed by atoms with E-state index >= 15 is 0 Å². The first-order chi connectivity index (χ1) is 10.3. The van der Waals surface area contributed by atoms with Gasteiger partial charge in [0.15, 0.2) is 0 Å². The van der Waals surface area contributed by atoms with Gasteiger partial charge < -0.3 is 4.74 Å². The minimum atomic E-state index is 0.382. The third kappa shape index (κ3) is 2.19. The van der Waals surface area contributed by atoms with Gasteiger partial charge in [-0.15, -0.1) is 0 Å². The summed E-state index contributed by atoms with van der Waals surface area (Å²) in [6.07, 6.45) is 8.27. The number of ether oxygens (including phenoxy) is 1. The summed E-state index contributed by atoms with van der Waals surface area (Å²) in [5.41, 5.74) is 0.384. The molecule has 2 aliphatic rings. The summed E-state index contributed by atoms with van der Waals surface area (Å²) < 4.78 is 6.50. The van der Waals surface area contributed by atoms with Crippen molar-refractivity contribution in [3.63, 3.8) is 0 Å². The van der Waals surface area contributed by atoms with Gasteiger partial charge in [-0.1, -0.05) is 71.6 Å². The number of hydrogen-bond donors (Lipinski definition) is 0. The van der Waals surface area contributed by atoms with Gasteiger partial charge in [-0.25, -0.2) is 0 Å². The quantitative estimate of drug-likeness (QED) is 0.634. The van der Waals surface area contributed by atoms with Gasteiger partial charge in [-0.3, -0.25) is 0 Å². The average Bonchev–Trinajstić information content (AvgIpc) is 2.55. The van der Waals surface area contributed by atoms with Crippen LogP contribution in [0.3, 0.4) is 0 Å². The first-order valence-corrected chi connectivity index (χ1v) is 9.00. The van der Waals surface area contributed by atoms with Crippen molar-refractivity contribution in [2.75, 3.05) is 0 Å². The lowest BCUT2D eigenvalue weighted by Crippen LogP contribution is -2.57. The van der Waals surface area contributed by atoms with Crippen LogP contribution in [0.25, 0.3) is 10.8 Å². The zero-order chi connectivity index (χ0) is 14.3. The monoisotopic (exact) mass is 344 g/mol. The second-order valence-electron chi connectivity index (χ2n) is 6.58. The Hall–Kier alpha value is -1.02. The highest BCUT2D eigenvalue weighted by Gasteiger charge is 2.55. The molecule has 2 aromatic carbocycles. The summed E-state index contributed by atoms with van der Waals surface area (Å²) in [6, 6.07) is 14.9. The van der Waals surface area contributed by atoms with Crippen LogP contribution in [0.2, 0.25) is 0 Å². The van der Waals surface area contributed by atoms with E-state index in [1.165, 1.54) is 42.9 Å². The second-order valence-corrected chi connectivity index (χ2v) is 7.69. The zero-order valence-corrected chi connectivity index (χ0v) is 13.8. The summed E-state index contributed by atoms with van der Waals surface area (Å²) >= 11 is 3.90. The number of halogens is 1. The number of fused-ring (bicyclic) bond motifs is 1. The largest absolute Gasteiger partial charge is 0.489 e. The van der Waals surface area contributed by atoms with E-state index in [1.54, 1.807) is 0 Å². The maximum atomic E-state index is 6.50. The van der Waals surface area contributed by atoms with Crippen molar-refractivity contribution in [3.8, 4) is 5.75 Å². The van der Waals surface area contributed by atoms with Crippen LogP contribution >= 0.6 is 15.9 Å². The molecule has 0 radical (unpaired) electrons. The fourth-order valence-corrected chi connectivity index (χ4v) is 5.25. The van der Waals surface area contributed by atoms with Crippen LogP contribution in [-0.4, -0.2) is 10.9 Å². The van der Waals surface area contributed by atoms with Crippen molar-refractivity contribution in [3.05, 3.63) is 42.5 Å². The molecule has 0 aliphatic heterocycles. The van der Waals surface area contributed by atoms with Gasteiger partial charge in [0.05, 0.1) is 0 Å². The third-order valence-electron chi connectivity index (χ3n) is 5.49. The summed E-state index contributed by atoms with van der Waals surface area (Å²) in [5.74, 6) is 1.06. The summed E-state index contributed by atoms with van der Waals surface area (Å²) in [5, 5.41) is 2.51. The summed E-state index contributed by atoms with van der Waals surface area (Å²) in [7, 11) is 0. The molecule has 21 heavy (non-hydrogen) atoms. The molecule has 0 N–H and O–H groups in total. The van der Waals surface area contributed by atoms with E-state index in [0.717, 1.165) is 12.2 Å². The van der Waals surface area contributed by atoms with Gasteiger partial charge in [0, 0.05) is 15.6 Å². The van der Waals surface area contributed by atoms with Crippen molar-refractivity contribution in [2.24, 2.45) is 5.41 Å². The van der Waals surface area contributed by atoms with Gasteiger partial charge >= 0.3 is 0 Å². The van der Waals surface area contributed by atoms with E-state index in [-0.39, 0.29) is 0 Å². The van der Waals surface area contributed by atoms with Crippen LogP contribution in [0, 0.1) is 5.41 Å². The Balaban J connectivity index is 1.63. The molecule has 2 unspecified atom stereocenters. The molecule has 2 saturated carbocycles. The van der Waals surface area contributed by atoms with Gasteiger partial charge in [0.2, 0.25) is 0 Å². The fraction of sp³-hybridized carbons (Fsp3) is 0.474. The van der Waals surface area contributed by atoms with Crippen LogP contribution in [0.1, 0.15) is 38.5 Å². The molecule has 4 rings (SSSR count). The van der Waals surface area contributed by atoms with E-state index in [4.69, 9.17) is 4.74 Å². The van der Waals surface area contributed by atoms with Crippen LogP contribution < -0.4 is 4.74 Å². The minimum absolute atomic E-state index is 0.382. The zero-order valence-electron chi connectivity index (χ0n) is 12.2. The highest BCUT2D eigenvalue weighted by Crippen LogP contribution is 2.56. The van der Waals surface area contributed by atoms with E-state index in [1.807, 2.05) is 0 Å². The molecule has 2 aromatic rings. The van der Waals surface area contributed by atoms with E-state index in [0.29, 0.717) is 16.3 Å². The molecule has 2 aliphatic carbocycles. The predicted octanol–water partition coefficient (Wildman–Crippen LogP) is 5.70. The van der Waals surface area contributed by atoms with E-state index in [9.17, 15) is 0 Å². The van der Waals surface area contributed by atoms with Crippen LogP contribution in [0.5, 0.6) is 5.75 Å². The summed E-state index contributed by atoms with van der Waals surface area (Å²) in [4.78, 5) is 0.644. The predicted molar refractivity (Wildman–Crippen MR) is 91.2 cm³/mol. The lowest BCUT2D eigenvalue weighted by molar-refractivity contribution is -0.0593. The van der Waals surface area contributed by atoms with Crippen molar-refractivity contribution in [1.82, 2.24) is 0 Å². The number of alkyl halides is 1. The molecule has 2 atom stereocenters. The summed E-state index contributed by atoms with van der Waals surface area (Å²) in [6.45, 7) is 0. The Labute approximate surface area is 134 Å². The SMILES string of the molecule is BrC1CC(Oc2cccc3ccccc23)C12CCCCC2. The Morgan fingerprint density at radius 1 is 0.952 bits per heavy atom. The molecule has 0 heterocycles. The average molecular weight is 345 g/mol. The molecule has 110 valence electrons. The molecule has 0 saturated heterocycles. The molecular formula is C19H21BrO. The van der Waals surface area contributed by atoms with Crippen molar-refractivity contribution in [2.45, 2.75) is 49.5 Å². The first-order valence-electron chi connectivity index (χ1n) is 8.08. The maximum absolute atomic E-state index is 6.50. The Morgan fingerprint density at radius 3 is 2.52 bits per heavy atom. The van der Waals surface area contributed by atoms with Gasteiger partial charge in [0.25, 0.3) is 0 Å². The van der Waals surface area contributed by atoms with Gasteiger partial charge in [-0.05, 0) is 30.7 Å². The fourth-order valence-electron chi connectivity index (χ4n) is 4.16. The molecule has 0 bridgehead atoms. The van der Waals surface area contributed by atoms with E-state index in [2.05, 4.69) is 58.4 Å².